The molecule has 0 saturated carbocycles. The summed E-state index contributed by atoms with van der Waals surface area (Å²) in [6, 6.07) is 7.40. The van der Waals surface area contributed by atoms with E-state index in [-0.39, 0.29) is 5.82 Å². The largest absolute Gasteiger partial charge is 0.434 e. The van der Waals surface area contributed by atoms with Gasteiger partial charge in [-0.3, -0.25) is 9.78 Å². The number of anilines is 1. The Morgan fingerprint density at radius 3 is 2.46 bits per heavy atom. The van der Waals surface area contributed by atoms with E-state index < -0.39 is 23.3 Å². The lowest BCUT2D eigenvalue weighted by atomic mass is 10.2. The molecule has 9 heteroatoms. The van der Waals surface area contributed by atoms with Gasteiger partial charge in [-0.15, -0.1) is 0 Å². The summed E-state index contributed by atoms with van der Waals surface area (Å²) >= 11 is 0. The van der Waals surface area contributed by atoms with Crippen molar-refractivity contribution in [3.8, 4) is 5.82 Å². The molecular weight excluding hydrogens is 323 g/mol. The molecule has 1 N–H and O–H groups in total. The van der Waals surface area contributed by atoms with Crippen LogP contribution in [0.15, 0.2) is 55.1 Å². The number of amides is 1. The normalized spacial score (nSPS) is 11.3. The number of halogens is 3. The predicted octanol–water partition coefficient (Wildman–Crippen LogP) is 2.93. The highest BCUT2D eigenvalue weighted by Crippen LogP contribution is 2.33. The van der Waals surface area contributed by atoms with E-state index >= 15 is 0 Å². The zero-order chi connectivity index (χ0) is 17.2. The molecule has 0 bridgehead atoms. The van der Waals surface area contributed by atoms with Crippen LogP contribution in [0, 0.1) is 0 Å². The van der Waals surface area contributed by atoms with E-state index in [2.05, 4.69) is 20.4 Å². The van der Waals surface area contributed by atoms with Gasteiger partial charge in [-0.05, 0) is 24.3 Å². The van der Waals surface area contributed by atoms with Crippen molar-refractivity contribution < 1.29 is 18.0 Å². The molecule has 0 aromatic carbocycles. The van der Waals surface area contributed by atoms with Gasteiger partial charge in [0.1, 0.15) is 0 Å². The van der Waals surface area contributed by atoms with Gasteiger partial charge in [-0.1, -0.05) is 6.07 Å². The zero-order valence-corrected chi connectivity index (χ0v) is 12.0. The molecule has 1 amide bonds. The summed E-state index contributed by atoms with van der Waals surface area (Å²) in [7, 11) is 0. The van der Waals surface area contributed by atoms with E-state index in [4.69, 9.17) is 0 Å². The third-order valence-corrected chi connectivity index (χ3v) is 3.09. The monoisotopic (exact) mass is 333 g/mol. The second kappa shape index (κ2) is 6.11. The highest BCUT2D eigenvalue weighted by Gasteiger charge is 2.40. The molecule has 3 rings (SSSR count). The quantitative estimate of drug-likeness (QED) is 0.800. The Morgan fingerprint density at radius 2 is 1.83 bits per heavy atom. The van der Waals surface area contributed by atoms with E-state index in [1.165, 1.54) is 42.9 Å². The van der Waals surface area contributed by atoms with Crippen LogP contribution >= 0.6 is 0 Å². The molecular formula is C15H10F3N5O. The van der Waals surface area contributed by atoms with E-state index in [9.17, 15) is 18.0 Å². The Balaban J connectivity index is 2.03. The van der Waals surface area contributed by atoms with Gasteiger partial charge in [0.15, 0.2) is 11.5 Å². The molecule has 6 nitrogen and oxygen atoms in total. The summed E-state index contributed by atoms with van der Waals surface area (Å²) in [4.78, 5) is 19.8. The maximum Gasteiger partial charge on any atom is 0.434 e. The minimum absolute atomic E-state index is 0.0345. The first-order chi connectivity index (χ1) is 11.5. The van der Waals surface area contributed by atoms with Crippen LogP contribution in [-0.4, -0.2) is 25.7 Å². The smallest absolute Gasteiger partial charge is 0.322 e. The average Bonchev–Trinajstić information content (AvgIpc) is 3.02. The first-order valence-corrected chi connectivity index (χ1v) is 6.75. The topological polar surface area (TPSA) is 72.7 Å². The highest BCUT2D eigenvalue weighted by atomic mass is 19.4. The minimum atomic E-state index is -4.78. The molecule has 0 aliphatic carbocycles. The van der Waals surface area contributed by atoms with Crippen molar-refractivity contribution in [2.24, 2.45) is 0 Å². The summed E-state index contributed by atoms with van der Waals surface area (Å²) in [5, 5.41) is 6.06. The highest BCUT2D eigenvalue weighted by molar-refractivity contribution is 6.05. The van der Waals surface area contributed by atoms with Crippen molar-refractivity contribution in [3.63, 3.8) is 0 Å². The van der Waals surface area contributed by atoms with Crippen LogP contribution in [0.3, 0.4) is 0 Å². The molecule has 0 aliphatic rings. The van der Waals surface area contributed by atoms with Crippen molar-refractivity contribution in [2.45, 2.75) is 6.18 Å². The number of rotatable bonds is 3. The molecule has 0 saturated heterocycles. The number of carbonyl (C=O) groups excluding carboxylic acids is 1. The van der Waals surface area contributed by atoms with Crippen molar-refractivity contribution in [1.82, 2.24) is 19.7 Å². The van der Waals surface area contributed by atoms with Gasteiger partial charge in [-0.2, -0.15) is 18.3 Å². The standard InChI is InChI=1S/C15H10F3N5O/c16-15(17,18)13-11(14(24)22-10-4-7-19-8-5-10)9-21-23(13)12-3-1-2-6-20-12/h1-9H,(H,19,22,24). The van der Waals surface area contributed by atoms with Crippen LogP contribution in [0.2, 0.25) is 0 Å². The predicted molar refractivity (Wildman–Crippen MR) is 78.6 cm³/mol. The number of hydrogen-bond acceptors (Lipinski definition) is 4. The summed E-state index contributed by atoms with van der Waals surface area (Å²) in [6.07, 6.45) is 0.260. The summed E-state index contributed by atoms with van der Waals surface area (Å²) in [6.45, 7) is 0. The maximum absolute atomic E-state index is 13.4. The second-order valence-electron chi connectivity index (χ2n) is 4.69. The van der Waals surface area contributed by atoms with Crippen LogP contribution in [0.5, 0.6) is 0 Å². The minimum Gasteiger partial charge on any atom is -0.322 e. The van der Waals surface area contributed by atoms with Gasteiger partial charge < -0.3 is 5.32 Å². The molecule has 0 unspecified atom stereocenters. The van der Waals surface area contributed by atoms with E-state index in [0.717, 1.165) is 6.20 Å². The second-order valence-corrected chi connectivity index (χ2v) is 4.69. The van der Waals surface area contributed by atoms with Crippen molar-refractivity contribution in [1.29, 1.82) is 0 Å². The summed E-state index contributed by atoms with van der Waals surface area (Å²) in [5.74, 6) is -0.955. The lowest BCUT2D eigenvalue weighted by molar-refractivity contribution is -0.143. The number of pyridine rings is 2. The van der Waals surface area contributed by atoms with Gasteiger partial charge in [0.2, 0.25) is 0 Å². The van der Waals surface area contributed by atoms with E-state index in [1.54, 1.807) is 6.07 Å². The Labute approximate surface area is 134 Å². The molecule has 0 fully saturated rings. The fourth-order valence-corrected chi connectivity index (χ4v) is 2.07. The van der Waals surface area contributed by atoms with Gasteiger partial charge >= 0.3 is 6.18 Å². The van der Waals surface area contributed by atoms with Crippen LogP contribution < -0.4 is 5.32 Å². The number of alkyl halides is 3. The lowest BCUT2D eigenvalue weighted by Crippen LogP contribution is -2.21. The zero-order valence-electron chi connectivity index (χ0n) is 12.0. The van der Waals surface area contributed by atoms with Crippen LogP contribution in [0.1, 0.15) is 16.1 Å². The third-order valence-electron chi connectivity index (χ3n) is 3.09. The molecule has 3 aromatic rings. The number of nitrogens with zero attached hydrogens (tertiary/aromatic N) is 4. The maximum atomic E-state index is 13.4. The van der Waals surface area contributed by atoms with Crippen LogP contribution in [0.25, 0.3) is 5.82 Å². The summed E-state index contributed by atoms with van der Waals surface area (Å²) < 4.78 is 40.9. The van der Waals surface area contributed by atoms with Gasteiger partial charge in [0.25, 0.3) is 5.91 Å². The number of aromatic nitrogens is 4. The molecule has 122 valence electrons. The van der Waals surface area contributed by atoms with Crippen molar-refractivity contribution in [2.75, 3.05) is 5.32 Å². The van der Waals surface area contributed by atoms with Gasteiger partial charge in [0.05, 0.1) is 11.8 Å². The van der Waals surface area contributed by atoms with Gasteiger partial charge in [0, 0.05) is 24.3 Å². The molecule has 0 radical (unpaired) electrons. The van der Waals surface area contributed by atoms with Crippen LogP contribution in [-0.2, 0) is 6.18 Å². The average molecular weight is 333 g/mol. The van der Waals surface area contributed by atoms with Crippen molar-refractivity contribution >= 4 is 11.6 Å². The fraction of sp³-hybridized carbons (Fsp3) is 0.0667. The van der Waals surface area contributed by atoms with Crippen LogP contribution in [0.4, 0.5) is 18.9 Å². The molecule has 24 heavy (non-hydrogen) atoms. The Morgan fingerprint density at radius 1 is 1.08 bits per heavy atom. The third kappa shape index (κ3) is 3.09. The number of carbonyl (C=O) groups is 1. The Bertz CT molecular complexity index is 847. The fourth-order valence-electron chi connectivity index (χ4n) is 2.07. The Hall–Kier alpha value is -3.23. The SMILES string of the molecule is O=C(Nc1ccncc1)c1cnn(-c2ccccn2)c1C(F)(F)F. The van der Waals surface area contributed by atoms with E-state index in [1.807, 2.05) is 0 Å². The van der Waals surface area contributed by atoms with E-state index in [0.29, 0.717) is 10.4 Å². The van der Waals surface area contributed by atoms with Gasteiger partial charge in [-0.25, -0.2) is 9.67 Å². The first-order valence-electron chi connectivity index (χ1n) is 6.75. The Kier molecular flexibility index (Phi) is 3.98. The van der Waals surface area contributed by atoms with Crippen molar-refractivity contribution in [3.05, 3.63) is 66.4 Å². The molecule has 0 aliphatic heterocycles. The number of nitrogens with one attached hydrogen (secondary N) is 1. The first kappa shape index (κ1) is 15.7. The molecule has 0 atom stereocenters. The molecule has 0 spiro atoms. The lowest BCUT2D eigenvalue weighted by Gasteiger charge is -2.12. The molecule has 3 heterocycles. The number of hydrogen-bond donors (Lipinski definition) is 1. The molecule has 3 aromatic heterocycles. The summed E-state index contributed by atoms with van der Waals surface area (Å²) in [5.41, 5.74) is -1.45.